The lowest BCUT2D eigenvalue weighted by Gasteiger charge is -2.08. The zero-order valence-electron chi connectivity index (χ0n) is 16.4. The van der Waals surface area contributed by atoms with E-state index in [9.17, 15) is 34.6 Å². The normalized spacial score (nSPS) is 10.4. The Bertz CT molecular complexity index is 1090. The van der Waals surface area contributed by atoms with E-state index in [1.54, 1.807) is 6.92 Å². The molecule has 0 fully saturated rings. The summed E-state index contributed by atoms with van der Waals surface area (Å²) >= 11 is 0. The molecule has 1 aromatic heterocycles. The van der Waals surface area contributed by atoms with Crippen LogP contribution in [0, 0.1) is 34.1 Å². The van der Waals surface area contributed by atoms with Crippen molar-refractivity contribution in [3.05, 3.63) is 60.4 Å². The summed E-state index contributed by atoms with van der Waals surface area (Å²) < 4.78 is 10.2. The number of ether oxygens (including phenoxy) is 1. The molecule has 0 aliphatic heterocycles. The molecule has 158 valence electrons. The quantitative estimate of drug-likeness (QED) is 0.305. The van der Waals surface area contributed by atoms with E-state index in [1.165, 1.54) is 20.8 Å². The predicted octanol–water partition coefficient (Wildman–Crippen LogP) is 3.34. The van der Waals surface area contributed by atoms with E-state index < -0.39 is 44.8 Å². The summed E-state index contributed by atoms with van der Waals surface area (Å²) in [6.45, 7) is 5.38. The van der Waals surface area contributed by atoms with Crippen LogP contribution in [0.15, 0.2) is 16.5 Å². The molecule has 0 aliphatic rings. The van der Waals surface area contributed by atoms with E-state index in [-0.39, 0.29) is 34.6 Å². The van der Waals surface area contributed by atoms with Crippen LogP contribution in [0.5, 0.6) is 0 Å². The summed E-state index contributed by atoms with van der Waals surface area (Å²) in [4.78, 5) is 57.6. The lowest BCUT2D eigenvalue weighted by molar-refractivity contribution is -0.394. The summed E-state index contributed by atoms with van der Waals surface area (Å²) in [5.74, 6) is -2.80. The van der Waals surface area contributed by atoms with Gasteiger partial charge in [-0.05, 0) is 27.7 Å². The number of hydrogen-bond donors (Lipinski definition) is 1. The number of amides is 1. The fraction of sp³-hybridized carbons (Fsp3) is 0.278. The number of anilines is 1. The predicted molar refractivity (Wildman–Crippen MR) is 102 cm³/mol. The number of nitro benzene ring substituents is 2. The van der Waals surface area contributed by atoms with Crippen molar-refractivity contribution in [3.63, 3.8) is 0 Å². The molecule has 2 rings (SSSR count). The molecule has 0 spiro atoms. The Morgan fingerprint density at radius 2 is 1.73 bits per heavy atom. The molecule has 0 saturated heterocycles. The number of hydrogen-bond acceptors (Lipinski definition) is 9. The molecule has 0 aliphatic carbocycles. The topological polar surface area (TPSA) is 172 Å². The minimum absolute atomic E-state index is 0.00995. The van der Waals surface area contributed by atoms with Gasteiger partial charge in [0.15, 0.2) is 5.78 Å². The molecule has 0 saturated carbocycles. The first-order valence-corrected chi connectivity index (χ1v) is 8.55. The van der Waals surface area contributed by atoms with Crippen LogP contribution in [-0.4, -0.2) is 34.1 Å². The van der Waals surface area contributed by atoms with E-state index in [1.807, 2.05) is 0 Å². The van der Waals surface area contributed by atoms with E-state index in [4.69, 9.17) is 9.15 Å². The van der Waals surface area contributed by atoms with Crippen molar-refractivity contribution >= 4 is 34.9 Å². The van der Waals surface area contributed by atoms with E-state index in [0.29, 0.717) is 0 Å². The monoisotopic (exact) mass is 419 g/mol. The van der Waals surface area contributed by atoms with E-state index in [2.05, 4.69) is 5.32 Å². The van der Waals surface area contributed by atoms with Gasteiger partial charge in [0.2, 0.25) is 5.88 Å². The highest BCUT2D eigenvalue weighted by Crippen LogP contribution is 2.31. The van der Waals surface area contributed by atoms with Gasteiger partial charge in [0.1, 0.15) is 11.3 Å². The molecule has 1 heterocycles. The van der Waals surface area contributed by atoms with Crippen LogP contribution in [0.25, 0.3) is 0 Å². The van der Waals surface area contributed by atoms with Crippen molar-refractivity contribution in [1.29, 1.82) is 0 Å². The van der Waals surface area contributed by atoms with Gasteiger partial charge >= 0.3 is 5.97 Å². The highest BCUT2D eigenvalue weighted by atomic mass is 16.6. The first kappa shape index (κ1) is 22.2. The Kier molecular flexibility index (Phi) is 6.30. The second-order valence-electron chi connectivity index (χ2n) is 6.12. The molecule has 30 heavy (non-hydrogen) atoms. The molecule has 1 amide bonds. The Morgan fingerprint density at radius 1 is 1.10 bits per heavy atom. The smallest absolute Gasteiger partial charge is 0.344 e. The Labute approximate surface area is 169 Å². The number of non-ortho nitro benzene ring substituents is 1. The summed E-state index contributed by atoms with van der Waals surface area (Å²) in [5, 5.41) is 24.5. The Hall–Kier alpha value is -4.09. The maximum Gasteiger partial charge on any atom is 0.344 e. The largest absolute Gasteiger partial charge is 0.462 e. The summed E-state index contributed by atoms with van der Waals surface area (Å²) in [6, 6.07) is 1.60. The minimum Gasteiger partial charge on any atom is -0.462 e. The van der Waals surface area contributed by atoms with Gasteiger partial charge in [0.05, 0.1) is 33.6 Å². The number of carbonyl (C=O) groups is 3. The minimum atomic E-state index is -1.01. The molecule has 2 aromatic rings. The molecule has 0 unspecified atom stereocenters. The number of nitrogens with one attached hydrogen (secondary N) is 1. The number of carbonyl (C=O) groups excluding carboxylic acids is 3. The zero-order valence-corrected chi connectivity index (χ0v) is 16.4. The highest BCUT2D eigenvalue weighted by Gasteiger charge is 2.30. The van der Waals surface area contributed by atoms with E-state index >= 15 is 0 Å². The first-order valence-electron chi connectivity index (χ1n) is 8.55. The van der Waals surface area contributed by atoms with Crippen LogP contribution in [0.1, 0.15) is 56.2 Å². The van der Waals surface area contributed by atoms with Crippen LogP contribution >= 0.6 is 0 Å². The summed E-state index contributed by atoms with van der Waals surface area (Å²) in [6.07, 6.45) is 0. The van der Waals surface area contributed by atoms with Crippen LogP contribution in [0.2, 0.25) is 0 Å². The number of esters is 1. The van der Waals surface area contributed by atoms with Gasteiger partial charge in [0.25, 0.3) is 17.3 Å². The number of aryl methyl sites for hydroxylation is 1. The molecular weight excluding hydrogens is 402 g/mol. The van der Waals surface area contributed by atoms with Crippen molar-refractivity contribution < 1.29 is 33.4 Å². The molecule has 12 nitrogen and oxygen atoms in total. The van der Waals surface area contributed by atoms with Crippen molar-refractivity contribution in [3.8, 4) is 0 Å². The number of Topliss-reactive ketones (excluding diaryl/α,β-unsaturated/α-hetero) is 1. The second kappa shape index (κ2) is 8.51. The first-order chi connectivity index (χ1) is 14.0. The van der Waals surface area contributed by atoms with Gasteiger partial charge in [-0.25, -0.2) is 4.79 Å². The lowest BCUT2D eigenvalue weighted by Crippen LogP contribution is -2.18. The summed E-state index contributed by atoms with van der Waals surface area (Å²) in [7, 11) is 0. The average Bonchev–Trinajstić information content (AvgIpc) is 2.97. The van der Waals surface area contributed by atoms with Gasteiger partial charge in [-0.2, -0.15) is 0 Å². The zero-order chi connectivity index (χ0) is 22.7. The summed E-state index contributed by atoms with van der Waals surface area (Å²) in [5.41, 5.74) is -2.19. The van der Waals surface area contributed by atoms with Crippen molar-refractivity contribution in [2.24, 2.45) is 0 Å². The van der Waals surface area contributed by atoms with Gasteiger partial charge < -0.3 is 9.15 Å². The number of ketones is 1. The third-order valence-electron chi connectivity index (χ3n) is 4.16. The number of rotatable bonds is 7. The third-order valence-corrected chi connectivity index (χ3v) is 4.16. The Morgan fingerprint density at radius 3 is 2.23 bits per heavy atom. The van der Waals surface area contributed by atoms with Crippen LogP contribution in [0.3, 0.4) is 0 Å². The van der Waals surface area contributed by atoms with Gasteiger partial charge in [-0.3, -0.25) is 35.1 Å². The van der Waals surface area contributed by atoms with Gasteiger partial charge in [0, 0.05) is 11.6 Å². The molecule has 0 atom stereocenters. The standard InChI is InChI=1S/C18H17N3O9/c1-5-29-18(24)15-14(9(3)22)10(4)30-17(15)19-16(23)12-6-11(20(25)26)7-13(8(12)2)21(27)28/h6-7H,5H2,1-4H3,(H,19,23). The fourth-order valence-corrected chi connectivity index (χ4v) is 2.84. The maximum atomic E-state index is 12.8. The fourth-order valence-electron chi connectivity index (χ4n) is 2.84. The lowest BCUT2D eigenvalue weighted by atomic mass is 10.0. The SMILES string of the molecule is CCOC(=O)c1c(NC(=O)c2cc([N+](=O)[O-])cc([N+](=O)[O-])c2C)oc(C)c1C(C)=O. The van der Waals surface area contributed by atoms with Gasteiger partial charge in [-0.1, -0.05) is 0 Å². The second-order valence-corrected chi connectivity index (χ2v) is 6.12. The molecule has 1 N–H and O–H groups in total. The molecule has 1 aromatic carbocycles. The van der Waals surface area contributed by atoms with Crippen LogP contribution < -0.4 is 5.32 Å². The highest BCUT2D eigenvalue weighted by molar-refractivity contribution is 6.13. The van der Waals surface area contributed by atoms with Gasteiger partial charge in [-0.15, -0.1) is 0 Å². The molecule has 12 heteroatoms. The molecule has 0 bridgehead atoms. The van der Waals surface area contributed by atoms with Crippen molar-refractivity contribution in [2.75, 3.05) is 11.9 Å². The molecular formula is C18H17N3O9. The Balaban J connectivity index is 2.59. The van der Waals surface area contributed by atoms with Crippen LogP contribution in [-0.2, 0) is 4.74 Å². The average molecular weight is 419 g/mol. The molecule has 0 radical (unpaired) electrons. The third kappa shape index (κ3) is 4.16. The number of nitro groups is 2. The maximum absolute atomic E-state index is 12.8. The van der Waals surface area contributed by atoms with Crippen LogP contribution in [0.4, 0.5) is 17.3 Å². The van der Waals surface area contributed by atoms with Crippen molar-refractivity contribution in [2.45, 2.75) is 27.7 Å². The van der Waals surface area contributed by atoms with E-state index in [0.717, 1.165) is 12.1 Å². The number of nitrogens with zero attached hydrogens (tertiary/aromatic N) is 2. The number of benzene rings is 1. The number of furan rings is 1. The van der Waals surface area contributed by atoms with Crippen molar-refractivity contribution in [1.82, 2.24) is 0 Å².